The van der Waals surface area contributed by atoms with Gasteiger partial charge in [0.25, 0.3) is 0 Å². The quantitative estimate of drug-likeness (QED) is 0.642. The third-order valence-corrected chi connectivity index (χ3v) is 5.40. The number of thiophene rings is 1. The molecule has 1 N–H and O–H groups in total. The van der Waals surface area contributed by atoms with Gasteiger partial charge in [-0.25, -0.2) is 4.98 Å². The Morgan fingerprint density at radius 3 is 2.75 bits per heavy atom. The fourth-order valence-electron chi connectivity index (χ4n) is 2.61. The van der Waals surface area contributed by atoms with Crippen molar-refractivity contribution < 1.29 is 4.79 Å². The normalized spacial score (nSPS) is 12.0. The Morgan fingerprint density at radius 1 is 1.21 bits per heavy atom. The van der Waals surface area contributed by atoms with Crippen molar-refractivity contribution in [3.05, 3.63) is 63.8 Å². The molecule has 0 aliphatic carbocycles. The molecule has 0 radical (unpaired) electrons. The smallest absolute Gasteiger partial charge is 0.226 e. The number of nitrogens with zero attached hydrogens (tertiary/aromatic N) is 1. The Bertz CT molecular complexity index is 766. The second-order valence-corrected chi connectivity index (χ2v) is 7.29. The zero-order valence-electron chi connectivity index (χ0n) is 13.6. The SMILES string of the molecule is CCC[C@@H](NC(=O)Cc1csc(-c2ccsc2)n1)c1ccccc1. The van der Waals surface area contributed by atoms with Crippen LogP contribution in [0, 0.1) is 0 Å². The molecule has 1 atom stereocenters. The van der Waals surface area contributed by atoms with Gasteiger partial charge in [0, 0.05) is 16.3 Å². The van der Waals surface area contributed by atoms with E-state index in [1.54, 1.807) is 22.7 Å². The van der Waals surface area contributed by atoms with Crippen molar-refractivity contribution in [2.24, 2.45) is 0 Å². The third-order valence-electron chi connectivity index (χ3n) is 3.78. The summed E-state index contributed by atoms with van der Waals surface area (Å²) in [6.45, 7) is 2.13. The molecule has 3 nitrogen and oxygen atoms in total. The van der Waals surface area contributed by atoms with Crippen LogP contribution in [0.1, 0.15) is 37.1 Å². The molecule has 2 aromatic heterocycles. The fourth-order valence-corrected chi connectivity index (χ4v) is 4.14. The number of hydrogen-bond donors (Lipinski definition) is 1. The molecule has 0 aliphatic rings. The maximum atomic E-state index is 12.4. The lowest BCUT2D eigenvalue weighted by Gasteiger charge is -2.18. The molecule has 5 heteroatoms. The Balaban J connectivity index is 1.64. The molecule has 124 valence electrons. The summed E-state index contributed by atoms with van der Waals surface area (Å²) in [5.74, 6) is 0.0273. The number of hydrogen-bond acceptors (Lipinski definition) is 4. The maximum absolute atomic E-state index is 12.4. The lowest BCUT2D eigenvalue weighted by molar-refractivity contribution is -0.121. The van der Waals surface area contributed by atoms with Crippen LogP contribution < -0.4 is 5.32 Å². The Kier molecular flexibility index (Phi) is 5.77. The van der Waals surface area contributed by atoms with E-state index in [1.807, 2.05) is 29.0 Å². The first-order valence-corrected chi connectivity index (χ1v) is 9.89. The second kappa shape index (κ2) is 8.22. The molecule has 0 bridgehead atoms. The van der Waals surface area contributed by atoms with Crippen LogP contribution in [-0.2, 0) is 11.2 Å². The number of amides is 1. The van der Waals surface area contributed by atoms with E-state index in [9.17, 15) is 4.79 Å². The largest absolute Gasteiger partial charge is 0.349 e. The lowest BCUT2D eigenvalue weighted by Crippen LogP contribution is -2.29. The molecular formula is C19H20N2OS2. The summed E-state index contributed by atoms with van der Waals surface area (Å²) in [5.41, 5.74) is 3.12. The average molecular weight is 357 g/mol. The molecule has 3 aromatic rings. The summed E-state index contributed by atoms with van der Waals surface area (Å²) in [5, 5.41) is 10.2. The minimum absolute atomic E-state index is 0.0273. The molecule has 2 heterocycles. The number of rotatable bonds is 7. The lowest BCUT2D eigenvalue weighted by atomic mass is 10.0. The van der Waals surface area contributed by atoms with Gasteiger partial charge in [-0.3, -0.25) is 4.79 Å². The van der Waals surface area contributed by atoms with Crippen LogP contribution in [0.3, 0.4) is 0 Å². The molecule has 1 aromatic carbocycles. The second-order valence-electron chi connectivity index (χ2n) is 5.65. The van der Waals surface area contributed by atoms with Crippen molar-refractivity contribution in [2.45, 2.75) is 32.2 Å². The molecule has 3 rings (SSSR count). The van der Waals surface area contributed by atoms with Crippen molar-refractivity contribution in [1.82, 2.24) is 10.3 Å². The van der Waals surface area contributed by atoms with E-state index in [0.29, 0.717) is 6.42 Å². The molecule has 0 saturated heterocycles. The zero-order valence-corrected chi connectivity index (χ0v) is 15.2. The van der Waals surface area contributed by atoms with Gasteiger partial charge in [-0.05, 0) is 23.4 Å². The Morgan fingerprint density at radius 2 is 2.04 bits per heavy atom. The van der Waals surface area contributed by atoms with E-state index in [0.717, 1.165) is 34.7 Å². The Labute approximate surface area is 150 Å². The molecule has 1 amide bonds. The van der Waals surface area contributed by atoms with Crippen LogP contribution in [0.25, 0.3) is 10.6 Å². The van der Waals surface area contributed by atoms with E-state index < -0.39 is 0 Å². The predicted molar refractivity (Wildman–Crippen MR) is 101 cm³/mol. The number of carbonyl (C=O) groups excluding carboxylic acids is 1. The number of benzene rings is 1. The number of thiazole rings is 1. The molecule has 0 aliphatic heterocycles. The molecule has 0 fully saturated rings. The van der Waals surface area contributed by atoms with E-state index in [1.165, 1.54) is 0 Å². The first-order chi connectivity index (χ1) is 11.8. The van der Waals surface area contributed by atoms with E-state index >= 15 is 0 Å². The van der Waals surface area contributed by atoms with E-state index in [4.69, 9.17) is 0 Å². The number of carbonyl (C=O) groups is 1. The van der Waals surface area contributed by atoms with Gasteiger partial charge in [0.15, 0.2) is 0 Å². The summed E-state index contributed by atoms with van der Waals surface area (Å²) in [4.78, 5) is 17.0. The topological polar surface area (TPSA) is 42.0 Å². The highest BCUT2D eigenvalue weighted by atomic mass is 32.1. The van der Waals surface area contributed by atoms with Crippen molar-refractivity contribution in [3.8, 4) is 10.6 Å². The molecule has 0 unspecified atom stereocenters. The van der Waals surface area contributed by atoms with Gasteiger partial charge in [-0.15, -0.1) is 11.3 Å². The first-order valence-electron chi connectivity index (χ1n) is 8.07. The van der Waals surface area contributed by atoms with Gasteiger partial charge in [0.05, 0.1) is 18.2 Å². The van der Waals surface area contributed by atoms with Crippen molar-refractivity contribution >= 4 is 28.6 Å². The maximum Gasteiger partial charge on any atom is 0.226 e. The fraction of sp³-hybridized carbons (Fsp3) is 0.263. The van der Waals surface area contributed by atoms with Crippen LogP contribution in [0.2, 0.25) is 0 Å². The van der Waals surface area contributed by atoms with E-state index in [-0.39, 0.29) is 11.9 Å². The van der Waals surface area contributed by atoms with Crippen LogP contribution in [0.5, 0.6) is 0 Å². The minimum Gasteiger partial charge on any atom is -0.349 e. The molecule has 24 heavy (non-hydrogen) atoms. The van der Waals surface area contributed by atoms with Crippen LogP contribution >= 0.6 is 22.7 Å². The molecule has 0 saturated carbocycles. The average Bonchev–Trinajstić information content (AvgIpc) is 3.26. The van der Waals surface area contributed by atoms with Gasteiger partial charge >= 0.3 is 0 Å². The van der Waals surface area contributed by atoms with Gasteiger partial charge in [0.2, 0.25) is 5.91 Å². The van der Waals surface area contributed by atoms with Gasteiger partial charge in [-0.2, -0.15) is 11.3 Å². The van der Waals surface area contributed by atoms with Crippen molar-refractivity contribution in [1.29, 1.82) is 0 Å². The monoisotopic (exact) mass is 356 g/mol. The van der Waals surface area contributed by atoms with Crippen molar-refractivity contribution in [2.75, 3.05) is 0 Å². The third kappa shape index (κ3) is 4.30. The highest BCUT2D eigenvalue weighted by Gasteiger charge is 2.15. The first kappa shape index (κ1) is 16.9. The summed E-state index contributed by atoms with van der Waals surface area (Å²) < 4.78 is 0. The highest BCUT2D eigenvalue weighted by molar-refractivity contribution is 7.14. The van der Waals surface area contributed by atoms with Crippen LogP contribution in [-0.4, -0.2) is 10.9 Å². The number of aromatic nitrogens is 1. The summed E-state index contributed by atoms with van der Waals surface area (Å²) >= 11 is 3.25. The van der Waals surface area contributed by atoms with Gasteiger partial charge in [0.1, 0.15) is 5.01 Å². The van der Waals surface area contributed by atoms with Crippen LogP contribution in [0.15, 0.2) is 52.5 Å². The zero-order chi connectivity index (χ0) is 16.8. The number of nitrogens with one attached hydrogen (secondary N) is 1. The summed E-state index contributed by atoms with van der Waals surface area (Å²) in [6.07, 6.45) is 2.29. The standard InChI is InChI=1S/C19H20N2OS2/c1-2-6-17(14-7-4-3-5-8-14)21-18(22)11-16-13-24-19(20-16)15-9-10-23-12-15/h3-5,7-10,12-13,17H,2,6,11H2,1H3,(H,21,22)/t17-/m1/s1. The Hall–Kier alpha value is -1.98. The highest BCUT2D eigenvalue weighted by Crippen LogP contribution is 2.26. The van der Waals surface area contributed by atoms with Gasteiger partial charge < -0.3 is 5.32 Å². The van der Waals surface area contributed by atoms with Crippen molar-refractivity contribution in [3.63, 3.8) is 0 Å². The molecular weight excluding hydrogens is 336 g/mol. The van der Waals surface area contributed by atoms with E-state index in [2.05, 4.69) is 40.8 Å². The van der Waals surface area contributed by atoms with Crippen LogP contribution in [0.4, 0.5) is 0 Å². The van der Waals surface area contributed by atoms with Gasteiger partial charge in [-0.1, -0.05) is 43.7 Å². The summed E-state index contributed by atoms with van der Waals surface area (Å²) in [6, 6.07) is 12.3. The minimum atomic E-state index is 0.0273. The predicted octanol–water partition coefficient (Wildman–Crippen LogP) is 5.07. The molecule has 0 spiro atoms. The summed E-state index contributed by atoms with van der Waals surface area (Å²) in [7, 11) is 0.